The molecule has 1 unspecified atom stereocenters. The monoisotopic (exact) mass is 369 g/mol. The Balaban J connectivity index is 1.84. The average molecular weight is 369 g/mol. The average Bonchev–Trinajstić information content (AvgIpc) is 2.68. The van der Waals surface area contributed by atoms with Crippen LogP contribution in [0, 0.1) is 10.1 Å². The summed E-state index contributed by atoms with van der Waals surface area (Å²) in [6, 6.07) is 11.9. The third kappa shape index (κ3) is 4.75. The van der Waals surface area contributed by atoms with Crippen LogP contribution >= 0.6 is 0 Å². The summed E-state index contributed by atoms with van der Waals surface area (Å²) in [4.78, 5) is 23.4. The molecule has 0 aliphatic heterocycles. The molecule has 1 aliphatic carbocycles. The second-order valence-electron chi connectivity index (χ2n) is 6.79. The summed E-state index contributed by atoms with van der Waals surface area (Å²) >= 11 is 0. The maximum atomic E-state index is 13.0. The standard InChI is InChI=1S/C20H23N3O4/c24-18-9-5-4-8-17(18)22-19(14-10-12-16(13-11-14)23(26)27)20(25)21-15-6-2-1-3-7-15/h4-5,8-13,15,19,22,24H,1-3,6-7H2,(H,21,25). The molecule has 0 spiro atoms. The van der Waals surface area contributed by atoms with Gasteiger partial charge in [-0.2, -0.15) is 0 Å². The van der Waals surface area contributed by atoms with Crippen molar-refractivity contribution in [1.82, 2.24) is 5.32 Å². The van der Waals surface area contributed by atoms with E-state index in [4.69, 9.17) is 0 Å². The maximum Gasteiger partial charge on any atom is 0.269 e. The Morgan fingerprint density at radius 3 is 2.37 bits per heavy atom. The Labute approximate surface area is 157 Å². The third-order valence-electron chi connectivity index (χ3n) is 4.85. The number of nitrogens with zero attached hydrogens (tertiary/aromatic N) is 1. The summed E-state index contributed by atoms with van der Waals surface area (Å²) in [6.07, 6.45) is 5.29. The molecule has 7 nitrogen and oxygen atoms in total. The lowest BCUT2D eigenvalue weighted by molar-refractivity contribution is -0.384. The highest BCUT2D eigenvalue weighted by molar-refractivity contribution is 5.86. The molecule has 0 radical (unpaired) electrons. The van der Waals surface area contributed by atoms with Gasteiger partial charge in [-0.3, -0.25) is 14.9 Å². The molecule has 142 valence electrons. The first-order chi connectivity index (χ1) is 13.0. The van der Waals surface area contributed by atoms with Gasteiger partial charge in [-0.05, 0) is 42.7 Å². The number of nitro groups is 1. The van der Waals surface area contributed by atoms with Crippen molar-refractivity contribution in [1.29, 1.82) is 0 Å². The molecule has 1 amide bonds. The number of aromatic hydroxyl groups is 1. The number of carbonyl (C=O) groups is 1. The second kappa shape index (κ2) is 8.53. The predicted molar refractivity (Wildman–Crippen MR) is 103 cm³/mol. The summed E-state index contributed by atoms with van der Waals surface area (Å²) in [5.74, 6) is -0.172. The smallest absolute Gasteiger partial charge is 0.269 e. The summed E-state index contributed by atoms with van der Waals surface area (Å²) in [6.45, 7) is 0. The van der Waals surface area contributed by atoms with Crippen LogP contribution in [-0.2, 0) is 4.79 Å². The molecule has 2 aromatic rings. The Hall–Kier alpha value is -3.09. The maximum absolute atomic E-state index is 13.0. The van der Waals surface area contributed by atoms with E-state index in [0.29, 0.717) is 11.3 Å². The van der Waals surface area contributed by atoms with Gasteiger partial charge in [0.2, 0.25) is 5.91 Å². The topological polar surface area (TPSA) is 104 Å². The van der Waals surface area contributed by atoms with Crippen molar-refractivity contribution in [3.05, 3.63) is 64.2 Å². The molecule has 0 heterocycles. The van der Waals surface area contributed by atoms with Crippen molar-refractivity contribution in [2.75, 3.05) is 5.32 Å². The fourth-order valence-corrected chi connectivity index (χ4v) is 3.37. The lowest BCUT2D eigenvalue weighted by Crippen LogP contribution is -2.41. The first kappa shape index (κ1) is 18.7. The molecule has 1 atom stereocenters. The fourth-order valence-electron chi connectivity index (χ4n) is 3.37. The van der Waals surface area contributed by atoms with Crippen LogP contribution in [0.4, 0.5) is 11.4 Å². The van der Waals surface area contributed by atoms with Crippen LogP contribution in [0.25, 0.3) is 0 Å². The molecule has 27 heavy (non-hydrogen) atoms. The van der Waals surface area contributed by atoms with Crippen molar-refractivity contribution >= 4 is 17.3 Å². The molecule has 3 N–H and O–H groups in total. The zero-order valence-corrected chi connectivity index (χ0v) is 14.9. The van der Waals surface area contributed by atoms with E-state index in [-0.39, 0.29) is 23.4 Å². The number of hydrogen-bond donors (Lipinski definition) is 3. The number of rotatable bonds is 6. The number of carbonyl (C=O) groups excluding carboxylic acids is 1. The highest BCUT2D eigenvalue weighted by atomic mass is 16.6. The summed E-state index contributed by atoms with van der Waals surface area (Å²) in [7, 11) is 0. The molecule has 0 bridgehead atoms. The second-order valence-corrected chi connectivity index (χ2v) is 6.79. The van der Waals surface area contributed by atoms with Crippen LogP contribution < -0.4 is 10.6 Å². The molecule has 1 fully saturated rings. The number of nitrogens with one attached hydrogen (secondary N) is 2. The first-order valence-electron chi connectivity index (χ1n) is 9.14. The first-order valence-corrected chi connectivity index (χ1v) is 9.14. The SMILES string of the molecule is O=C(NC1CCCCC1)C(Nc1ccccc1O)c1ccc([N+](=O)[O-])cc1. The number of para-hydroxylation sites is 2. The normalized spacial score (nSPS) is 15.7. The van der Waals surface area contributed by atoms with Crippen molar-refractivity contribution in [2.24, 2.45) is 0 Å². The molecular formula is C20H23N3O4. The molecular weight excluding hydrogens is 346 g/mol. The van der Waals surface area contributed by atoms with E-state index in [1.54, 1.807) is 30.3 Å². The number of phenolic OH excluding ortho intramolecular Hbond substituents is 1. The zero-order valence-electron chi connectivity index (χ0n) is 14.9. The van der Waals surface area contributed by atoms with E-state index >= 15 is 0 Å². The van der Waals surface area contributed by atoms with Crippen LogP contribution in [0.15, 0.2) is 48.5 Å². The molecule has 7 heteroatoms. The van der Waals surface area contributed by atoms with Crippen LogP contribution in [-0.4, -0.2) is 22.0 Å². The number of anilines is 1. The summed E-state index contributed by atoms with van der Waals surface area (Å²) < 4.78 is 0. The minimum atomic E-state index is -0.763. The van der Waals surface area contributed by atoms with Gasteiger partial charge in [-0.25, -0.2) is 0 Å². The third-order valence-corrected chi connectivity index (χ3v) is 4.85. The highest BCUT2D eigenvalue weighted by Crippen LogP contribution is 2.28. The van der Waals surface area contributed by atoms with Crippen molar-refractivity contribution < 1.29 is 14.8 Å². The molecule has 2 aromatic carbocycles. The number of nitro benzene ring substituents is 1. The Morgan fingerprint density at radius 1 is 1.07 bits per heavy atom. The van der Waals surface area contributed by atoms with Crippen LogP contribution in [0.3, 0.4) is 0 Å². The molecule has 3 rings (SSSR count). The largest absolute Gasteiger partial charge is 0.506 e. The van der Waals surface area contributed by atoms with Gasteiger partial charge in [0.25, 0.3) is 5.69 Å². The van der Waals surface area contributed by atoms with Crippen LogP contribution in [0.1, 0.15) is 43.7 Å². The predicted octanol–water partition coefficient (Wildman–Crippen LogP) is 3.90. The molecule has 0 aromatic heterocycles. The number of phenols is 1. The van der Waals surface area contributed by atoms with Gasteiger partial charge >= 0.3 is 0 Å². The van der Waals surface area contributed by atoms with Gasteiger partial charge in [0.15, 0.2) is 0 Å². The lowest BCUT2D eigenvalue weighted by Gasteiger charge is -2.26. The molecule has 0 saturated heterocycles. The molecule has 1 aliphatic rings. The quantitative estimate of drug-likeness (QED) is 0.407. The van der Waals surface area contributed by atoms with Crippen LogP contribution in [0.5, 0.6) is 5.75 Å². The van der Waals surface area contributed by atoms with Crippen molar-refractivity contribution in [3.63, 3.8) is 0 Å². The number of non-ortho nitro benzene ring substituents is 1. The Kier molecular flexibility index (Phi) is 5.90. The van der Waals surface area contributed by atoms with E-state index < -0.39 is 11.0 Å². The van der Waals surface area contributed by atoms with Crippen molar-refractivity contribution in [2.45, 2.75) is 44.2 Å². The lowest BCUT2D eigenvalue weighted by atomic mass is 9.95. The van der Waals surface area contributed by atoms with Crippen LogP contribution in [0.2, 0.25) is 0 Å². The number of benzene rings is 2. The van der Waals surface area contributed by atoms with Crippen molar-refractivity contribution in [3.8, 4) is 5.75 Å². The van der Waals surface area contributed by atoms with E-state index in [2.05, 4.69) is 10.6 Å². The fraction of sp³-hybridized carbons (Fsp3) is 0.350. The zero-order chi connectivity index (χ0) is 19.2. The van der Waals surface area contributed by atoms with Gasteiger partial charge < -0.3 is 15.7 Å². The van der Waals surface area contributed by atoms with E-state index in [1.807, 2.05) is 0 Å². The van der Waals surface area contributed by atoms with E-state index in [9.17, 15) is 20.0 Å². The minimum absolute atomic E-state index is 0.0345. The van der Waals surface area contributed by atoms with E-state index in [0.717, 1.165) is 25.7 Å². The Morgan fingerprint density at radius 2 is 1.74 bits per heavy atom. The minimum Gasteiger partial charge on any atom is -0.506 e. The van der Waals surface area contributed by atoms with Gasteiger partial charge in [0, 0.05) is 18.2 Å². The van der Waals surface area contributed by atoms with Gasteiger partial charge in [-0.15, -0.1) is 0 Å². The highest BCUT2D eigenvalue weighted by Gasteiger charge is 2.25. The van der Waals surface area contributed by atoms with Gasteiger partial charge in [-0.1, -0.05) is 31.4 Å². The number of amides is 1. The Bertz CT molecular complexity index is 801. The van der Waals surface area contributed by atoms with E-state index in [1.165, 1.54) is 24.6 Å². The number of hydrogen-bond acceptors (Lipinski definition) is 5. The van der Waals surface area contributed by atoms with Gasteiger partial charge in [0.1, 0.15) is 11.8 Å². The van der Waals surface area contributed by atoms with Gasteiger partial charge in [0.05, 0.1) is 10.6 Å². The summed E-state index contributed by atoms with van der Waals surface area (Å²) in [5, 5.41) is 27.1. The molecule has 1 saturated carbocycles. The summed E-state index contributed by atoms with van der Waals surface area (Å²) in [5.41, 5.74) is 0.990.